The predicted molar refractivity (Wildman–Crippen MR) is 61.7 cm³/mol. The number of carbonyl (C=O) groups is 2. The van der Waals surface area contributed by atoms with Gasteiger partial charge in [-0.2, -0.15) is 52.7 Å². The van der Waals surface area contributed by atoms with Gasteiger partial charge in [-0.25, -0.2) is 0 Å². The van der Waals surface area contributed by atoms with E-state index < -0.39 is 59.9 Å². The number of hydrogen-bond acceptors (Lipinski definition) is 4. The zero-order valence-electron chi connectivity index (χ0n) is 13.1. The molecule has 0 rings (SSSR count). The van der Waals surface area contributed by atoms with E-state index in [1.807, 2.05) is 0 Å². The Morgan fingerprint density at radius 2 is 0.724 bits per heavy atom. The fourth-order valence-corrected chi connectivity index (χ4v) is 0.565. The maximum Gasteiger partial charge on any atom is 2.00 e. The predicted octanol–water partition coefficient (Wildman–Crippen LogP) is 2.65. The van der Waals surface area contributed by atoms with Crippen LogP contribution in [-0.2, 0) is 30.7 Å². The first-order chi connectivity index (χ1) is 12.1. The van der Waals surface area contributed by atoms with Gasteiger partial charge in [0, 0.05) is 0 Å². The van der Waals surface area contributed by atoms with Crippen LogP contribution in [0.2, 0.25) is 0 Å². The van der Waals surface area contributed by atoms with E-state index in [9.17, 15) is 72.5 Å². The van der Waals surface area contributed by atoms with Gasteiger partial charge in [0.1, 0.15) is 0 Å². The third-order valence-corrected chi connectivity index (χ3v) is 1.64. The molecule has 0 N–H and O–H groups in total. The van der Waals surface area contributed by atoms with Gasteiger partial charge in [0.15, 0.2) is 0 Å². The van der Waals surface area contributed by atoms with Gasteiger partial charge in [-0.3, -0.25) is 9.59 Å². The van der Waals surface area contributed by atoms with E-state index in [4.69, 9.17) is 0 Å². The van der Waals surface area contributed by atoms with E-state index in [1.165, 1.54) is 0 Å². The minimum absolute atomic E-state index is 0. The largest absolute Gasteiger partial charge is 2.00 e. The van der Waals surface area contributed by atoms with E-state index in [0.717, 1.165) is 0 Å². The Balaban J connectivity index is -0.000000192. The molecule has 0 unspecified atom stereocenters. The molecule has 0 fully saturated rings. The summed E-state index contributed by atoms with van der Waals surface area (Å²) in [5, 5.41) is 19.6. The molecule has 0 aromatic rings. The summed E-state index contributed by atoms with van der Waals surface area (Å²) in [5.74, 6) is -11.3. The molecule has 0 bridgehead atoms. The third-order valence-electron chi connectivity index (χ3n) is 1.64. The number of carbonyl (C=O) groups excluding carboxylic acids is 2. The molecule has 0 radical (unpaired) electrons. The molecule has 17 heteroatoms. The first-order valence-electron chi connectivity index (χ1n) is 5.74. The summed E-state index contributed by atoms with van der Waals surface area (Å²) in [4.78, 5) is 19.6. The van der Waals surface area contributed by atoms with Crippen LogP contribution in [0.5, 0.6) is 0 Å². The van der Waals surface area contributed by atoms with Crippen molar-refractivity contribution in [2.75, 3.05) is 0 Å². The molecule has 0 aliphatic heterocycles. The van der Waals surface area contributed by atoms with E-state index in [1.54, 1.807) is 0 Å². The maximum absolute atomic E-state index is 11.3. The van der Waals surface area contributed by atoms with Crippen LogP contribution in [0.15, 0.2) is 36.8 Å². The molecule has 0 amide bonds. The van der Waals surface area contributed by atoms with E-state index in [-0.39, 0.29) is 21.1 Å². The molecule has 172 valence electrons. The van der Waals surface area contributed by atoms with Gasteiger partial charge in [0.05, 0.1) is 0 Å². The van der Waals surface area contributed by atoms with Gasteiger partial charge in [-0.1, -0.05) is 0 Å². The van der Waals surface area contributed by atoms with Crippen molar-refractivity contribution in [3.05, 3.63) is 36.8 Å². The summed E-state index contributed by atoms with van der Waals surface area (Å²) in [6, 6.07) is 0. The van der Waals surface area contributed by atoms with Crippen LogP contribution in [0.1, 0.15) is 0 Å². The topological polar surface area (TPSA) is 80.3 Å². The molecular weight excluding hydrogens is 631 g/mol. The van der Waals surface area contributed by atoms with Gasteiger partial charge in [-0.05, 0) is 23.7 Å². The molecule has 0 aliphatic rings. The zero-order chi connectivity index (χ0) is 23.7. The van der Waals surface area contributed by atoms with Crippen molar-refractivity contribution in [3.63, 3.8) is 0 Å². The van der Waals surface area contributed by atoms with Crippen LogP contribution in [0.3, 0.4) is 0 Å². The van der Waals surface area contributed by atoms with Gasteiger partial charge >= 0.3 is 45.8 Å². The van der Waals surface area contributed by atoms with Gasteiger partial charge in [0.2, 0.25) is 0 Å². The van der Waals surface area contributed by atoms with Crippen molar-refractivity contribution in [1.82, 2.24) is 0 Å². The van der Waals surface area contributed by atoms with Crippen molar-refractivity contribution < 1.29 is 93.6 Å². The summed E-state index contributed by atoms with van der Waals surface area (Å²) >= 11 is 0. The van der Waals surface area contributed by atoms with Crippen LogP contribution in [0.25, 0.3) is 0 Å². The molecule has 0 saturated heterocycles. The van der Waals surface area contributed by atoms with Crippen LogP contribution in [0, 0.1) is 0 Å². The van der Waals surface area contributed by atoms with Crippen LogP contribution >= 0.6 is 0 Å². The number of ketones is 2. The van der Waals surface area contributed by atoms with Gasteiger partial charge < -0.3 is 10.2 Å². The number of allylic oxidation sites excluding steroid dienone is 4. The molecule has 0 saturated carbocycles. The third kappa shape index (κ3) is 16.6. The molecular formula is C12H6F12O4Pt. The second-order valence-corrected chi connectivity index (χ2v) is 3.74. The number of rotatable bonds is 2. The molecule has 29 heavy (non-hydrogen) atoms. The van der Waals surface area contributed by atoms with Crippen molar-refractivity contribution in [2.45, 2.75) is 24.7 Å². The Morgan fingerprint density at radius 3 is 0.828 bits per heavy atom. The molecule has 0 aromatic heterocycles. The summed E-state index contributed by atoms with van der Waals surface area (Å²) in [5.41, 5.74) is 0. The summed E-state index contributed by atoms with van der Waals surface area (Å²) in [7, 11) is 0. The van der Waals surface area contributed by atoms with Crippen LogP contribution < -0.4 is 10.2 Å². The second-order valence-electron chi connectivity index (χ2n) is 3.74. The quantitative estimate of drug-likeness (QED) is 0.202. The summed E-state index contributed by atoms with van der Waals surface area (Å²) in [6.07, 6.45) is -23.9. The molecule has 0 spiro atoms. The molecule has 0 atom stereocenters. The first-order valence-corrected chi connectivity index (χ1v) is 5.74. The second kappa shape index (κ2) is 12.5. The monoisotopic (exact) mass is 637 g/mol. The van der Waals surface area contributed by atoms with Crippen molar-refractivity contribution in [3.8, 4) is 0 Å². The Hall–Kier alpha value is -1.99. The summed E-state index contributed by atoms with van der Waals surface area (Å²) in [6.45, 7) is 6.00. The summed E-state index contributed by atoms with van der Waals surface area (Å²) < 4.78 is 136. The zero-order valence-corrected chi connectivity index (χ0v) is 15.3. The van der Waals surface area contributed by atoms with Crippen LogP contribution in [-0.4, -0.2) is 36.3 Å². The molecule has 0 aromatic carbocycles. The maximum atomic E-state index is 11.3. The Labute approximate surface area is 167 Å². The van der Waals surface area contributed by atoms with E-state index in [0.29, 0.717) is 0 Å². The van der Waals surface area contributed by atoms with Crippen molar-refractivity contribution in [1.29, 1.82) is 0 Å². The van der Waals surface area contributed by atoms with Crippen molar-refractivity contribution in [2.24, 2.45) is 0 Å². The Bertz CT molecular complexity index is 544. The average Bonchev–Trinajstić information content (AvgIpc) is 2.45. The number of hydrogen-bond donors (Lipinski definition) is 0. The number of alkyl halides is 12. The molecule has 0 heterocycles. The smallest absolute Gasteiger partial charge is 0.869 e. The first kappa shape index (κ1) is 34.5. The minimum Gasteiger partial charge on any atom is -0.869 e. The minimum atomic E-state index is -5.46. The standard InChI is InChI=1S/2C5H2F6O2.C2H4.Pt/c2*6-4(7,8)2(12)1-3(13)5(9,10)11;1-2;/h2*1,12H;1-2H2;/q;;;+2/p-2/b2*2-1-;;. The fraction of sp³-hybridized carbons (Fsp3) is 0.333. The van der Waals surface area contributed by atoms with Crippen molar-refractivity contribution >= 4 is 11.6 Å². The van der Waals surface area contributed by atoms with Gasteiger partial charge in [0.25, 0.3) is 11.6 Å². The average molecular weight is 637 g/mol. The normalized spacial score (nSPS) is 13.1. The van der Waals surface area contributed by atoms with Gasteiger partial charge in [-0.15, -0.1) is 13.2 Å². The SMILES string of the molecule is C=C.O=C(/C=C(\[O-])C(F)(F)F)C(F)(F)F.O=C(/C=C(\[O-])C(F)(F)F)C(F)(F)F.[Pt+2]. The molecule has 0 aliphatic carbocycles. The fourth-order valence-electron chi connectivity index (χ4n) is 0.565. The van der Waals surface area contributed by atoms with E-state index in [2.05, 4.69) is 13.2 Å². The Morgan fingerprint density at radius 1 is 0.552 bits per heavy atom. The van der Waals surface area contributed by atoms with E-state index >= 15 is 0 Å². The Kier molecular flexibility index (Phi) is 14.9. The molecule has 4 nitrogen and oxygen atoms in total. The number of halogens is 12. The van der Waals surface area contributed by atoms with Crippen LogP contribution in [0.4, 0.5) is 52.7 Å².